The maximum Gasteiger partial charge on any atom is 0.450 e. The fourth-order valence-corrected chi connectivity index (χ4v) is 3.14. The summed E-state index contributed by atoms with van der Waals surface area (Å²) in [5.74, 6) is -2.25. The highest BCUT2D eigenvalue weighted by Crippen LogP contribution is 2.34. The Morgan fingerprint density at radius 1 is 0.971 bits per heavy atom. The third-order valence-corrected chi connectivity index (χ3v) is 4.68. The number of benzene rings is 2. The summed E-state index contributed by atoms with van der Waals surface area (Å²) in [7, 11) is 1.36. The van der Waals surface area contributed by atoms with Gasteiger partial charge in [0.15, 0.2) is 11.6 Å². The number of carbonyl (C=O) groups excluding carboxylic acids is 1. The Morgan fingerprint density at radius 2 is 1.74 bits per heavy atom. The number of methoxy groups -OCH3 is 1. The summed E-state index contributed by atoms with van der Waals surface area (Å²) < 4.78 is 85.2. The first-order valence-corrected chi connectivity index (χ1v) is 9.42. The minimum atomic E-state index is -4.82. The molecule has 0 fully saturated rings. The minimum Gasteiger partial charge on any atom is -0.497 e. The molecule has 176 valence electrons. The van der Waals surface area contributed by atoms with Crippen LogP contribution in [0.25, 0.3) is 16.9 Å². The van der Waals surface area contributed by atoms with Gasteiger partial charge >= 0.3 is 12.4 Å². The van der Waals surface area contributed by atoms with Crippen molar-refractivity contribution < 1.29 is 35.9 Å². The van der Waals surface area contributed by atoms with Crippen LogP contribution in [-0.4, -0.2) is 32.5 Å². The lowest BCUT2D eigenvalue weighted by molar-refractivity contribution is -0.145. The number of fused-ring (bicyclic) bond motifs is 1. The van der Waals surface area contributed by atoms with Gasteiger partial charge in [-0.3, -0.25) is 9.36 Å². The lowest BCUT2D eigenvalue weighted by atomic mass is 10.1. The monoisotopic (exact) mass is 481 g/mol. The van der Waals surface area contributed by atoms with Crippen molar-refractivity contribution in [2.45, 2.75) is 12.4 Å². The number of rotatable bonds is 4. The third-order valence-electron chi connectivity index (χ3n) is 4.68. The number of alkyl halides is 6. The number of nitrogens with zero attached hydrogens (tertiary/aromatic N) is 4. The fourth-order valence-electron chi connectivity index (χ4n) is 3.14. The van der Waals surface area contributed by atoms with Crippen LogP contribution < -0.4 is 10.1 Å². The second kappa shape index (κ2) is 8.32. The van der Waals surface area contributed by atoms with E-state index < -0.39 is 29.6 Å². The lowest BCUT2D eigenvalue weighted by Crippen LogP contribution is -2.16. The first-order chi connectivity index (χ1) is 16.0. The first kappa shape index (κ1) is 23.0. The van der Waals surface area contributed by atoms with Crippen LogP contribution in [0.1, 0.15) is 21.7 Å². The van der Waals surface area contributed by atoms with E-state index in [4.69, 9.17) is 4.74 Å². The van der Waals surface area contributed by atoms with Gasteiger partial charge in [-0.2, -0.15) is 26.3 Å². The second-order valence-electron chi connectivity index (χ2n) is 6.92. The number of nitrogens with one attached hydrogen (secondary N) is 1. The van der Waals surface area contributed by atoms with Crippen molar-refractivity contribution in [3.8, 4) is 11.6 Å². The predicted octanol–water partition coefficient (Wildman–Crippen LogP) is 5.11. The number of amides is 1. The molecule has 13 heteroatoms. The number of hydrogen-bond acceptors (Lipinski definition) is 5. The van der Waals surface area contributed by atoms with Crippen LogP contribution in [0.5, 0.6) is 5.75 Å². The van der Waals surface area contributed by atoms with E-state index in [1.165, 1.54) is 31.4 Å². The molecule has 0 unspecified atom stereocenters. The van der Waals surface area contributed by atoms with E-state index in [1.807, 2.05) is 0 Å². The number of imidazole rings is 1. The van der Waals surface area contributed by atoms with Gasteiger partial charge in [0, 0.05) is 11.6 Å². The SMILES string of the molecule is COc1ccc2c(c1)nc(C(F)(F)F)n2-c1cnc(NC(=O)c2cccc(C(F)(F)F)c2)cn1. The molecular weight excluding hydrogens is 468 g/mol. The normalized spacial score (nSPS) is 12.1. The average molecular weight is 481 g/mol. The molecule has 4 aromatic rings. The van der Waals surface area contributed by atoms with E-state index in [2.05, 4.69) is 20.3 Å². The zero-order valence-electron chi connectivity index (χ0n) is 17.1. The molecule has 0 aliphatic heterocycles. The van der Waals surface area contributed by atoms with Crippen LogP contribution in [0, 0.1) is 0 Å². The van der Waals surface area contributed by atoms with E-state index in [0.29, 0.717) is 11.8 Å². The van der Waals surface area contributed by atoms with Gasteiger partial charge < -0.3 is 10.1 Å². The highest BCUT2D eigenvalue weighted by atomic mass is 19.4. The maximum atomic E-state index is 13.6. The molecule has 4 rings (SSSR count). The van der Waals surface area contributed by atoms with Gasteiger partial charge in [0.2, 0.25) is 5.82 Å². The standard InChI is InChI=1S/C21H13F6N5O2/c1-34-13-5-6-15-14(8-13)30-19(21(25,26)27)32(15)17-10-28-16(9-29-17)31-18(33)11-3-2-4-12(7-11)20(22,23)24/h2-10H,1H3,(H,28,31,33). The summed E-state index contributed by atoms with van der Waals surface area (Å²) in [6.45, 7) is 0. The number of ether oxygens (including phenoxy) is 1. The van der Waals surface area contributed by atoms with Crippen LogP contribution in [0.2, 0.25) is 0 Å². The molecule has 0 saturated heterocycles. The summed E-state index contributed by atoms with van der Waals surface area (Å²) >= 11 is 0. The first-order valence-electron chi connectivity index (χ1n) is 9.42. The molecule has 2 aromatic carbocycles. The lowest BCUT2D eigenvalue weighted by Gasteiger charge is -2.11. The van der Waals surface area contributed by atoms with Crippen LogP contribution in [0.15, 0.2) is 54.9 Å². The summed E-state index contributed by atoms with van der Waals surface area (Å²) in [4.78, 5) is 23.7. The molecule has 0 aliphatic carbocycles. The van der Waals surface area contributed by atoms with Gasteiger partial charge in [0.1, 0.15) is 5.75 Å². The van der Waals surface area contributed by atoms with Gasteiger partial charge in [-0.25, -0.2) is 15.0 Å². The molecule has 1 N–H and O–H groups in total. The topological polar surface area (TPSA) is 81.9 Å². The summed E-state index contributed by atoms with van der Waals surface area (Å²) in [6.07, 6.45) is -7.49. The van der Waals surface area contributed by atoms with Crippen LogP contribution >= 0.6 is 0 Å². The summed E-state index contributed by atoms with van der Waals surface area (Å²) in [6, 6.07) is 7.89. The Balaban J connectivity index is 1.65. The Labute approximate surface area is 187 Å². The van der Waals surface area contributed by atoms with Crippen molar-refractivity contribution in [3.63, 3.8) is 0 Å². The Morgan fingerprint density at radius 3 is 2.35 bits per heavy atom. The van der Waals surface area contributed by atoms with Gasteiger partial charge in [-0.05, 0) is 30.3 Å². The molecule has 7 nitrogen and oxygen atoms in total. The smallest absolute Gasteiger partial charge is 0.450 e. The minimum absolute atomic E-state index is 0.00963. The highest BCUT2D eigenvalue weighted by Gasteiger charge is 2.38. The van der Waals surface area contributed by atoms with E-state index in [-0.39, 0.29) is 28.2 Å². The van der Waals surface area contributed by atoms with Crippen molar-refractivity contribution in [1.29, 1.82) is 0 Å². The number of carbonyl (C=O) groups is 1. The van der Waals surface area contributed by atoms with Gasteiger partial charge in [-0.15, -0.1) is 0 Å². The summed E-state index contributed by atoms with van der Waals surface area (Å²) in [5, 5.41) is 2.26. The Kier molecular flexibility index (Phi) is 5.63. The molecule has 2 aromatic heterocycles. The molecule has 0 bridgehead atoms. The Bertz CT molecular complexity index is 1360. The van der Waals surface area contributed by atoms with Crippen molar-refractivity contribution in [2.75, 3.05) is 12.4 Å². The van der Waals surface area contributed by atoms with Crippen molar-refractivity contribution >= 4 is 22.8 Å². The summed E-state index contributed by atoms with van der Waals surface area (Å²) in [5.41, 5.74) is -1.20. The molecule has 0 aliphatic rings. The second-order valence-corrected chi connectivity index (χ2v) is 6.92. The largest absolute Gasteiger partial charge is 0.497 e. The van der Waals surface area contributed by atoms with Crippen molar-refractivity contribution in [3.05, 3.63) is 71.8 Å². The third kappa shape index (κ3) is 4.49. The average Bonchev–Trinajstić information content (AvgIpc) is 3.18. The number of anilines is 1. The molecule has 0 spiro atoms. The molecule has 0 saturated carbocycles. The van der Waals surface area contributed by atoms with Gasteiger partial charge in [0.05, 0.1) is 36.1 Å². The van der Waals surface area contributed by atoms with E-state index >= 15 is 0 Å². The van der Waals surface area contributed by atoms with Crippen molar-refractivity contribution in [1.82, 2.24) is 19.5 Å². The van der Waals surface area contributed by atoms with Crippen LogP contribution in [0.3, 0.4) is 0 Å². The molecule has 1 amide bonds. The van der Waals surface area contributed by atoms with E-state index in [9.17, 15) is 31.1 Å². The number of halogens is 6. The molecule has 0 atom stereocenters. The van der Waals surface area contributed by atoms with Gasteiger partial charge in [0.25, 0.3) is 5.91 Å². The van der Waals surface area contributed by atoms with Gasteiger partial charge in [-0.1, -0.05) is 6.07 Å². The van der Waals surface area contributed by atoms with Crippen LogP contribution in [0.4, 0.5) is 32.2 Å². The predicted molar refractivity (Wildman–Crippen MR) is 108 cm³/mol. The van der Waals surface area contributed by atoms with E-state index in [0.717, 1.165) is 29.1 Å². The van der Waals surface area contributed by atoms with Crippen molar-refractivity contribution in [2.24, 2.45) is 0 Å². The molecule has 34 heavy (non-hydrogen) atoms. The Hall–Kier alpha value is -4.16. The van der Waals surface area contributed by atoms with E-state index in [1.54, 1.807) is 0 Å². The van der Waals surface area contributed by atoms with Crippen LogP contribution in [-0.2, 0) is 12.4 Å². The maximum absolute atomic E-state index is 13.6. The molecule has 2 heterocycles. The zero-order chi connectivity index (χ0) is 24.7. The zero-order valence-corrected chi connectivity index (χ0v) is 17.1. The quantitative estimate of drug-likeness (QED) is 0.410. The number of hydrogen-bond donors (Lipinski definition) is 1. The molecule has 0 radical (unpaired) electrons. The highest BCUT2D eigenvalue weighted by molar-refractivity contribution is 6.03. The molecular formula is C21H13F6N5O2. The number of aromatic nitrogens is 4. The fraction of sp³-hybridized carbons (Fsp3) is 0.143.